The van der Waals surface area contributed by atoms with Crippen molar-refractivity contribution in [2.75, 3.05) is 13.1 Å². The molecule has 1 aromatic carbocycles. The number of carbonyl (C=O) groups is 2. The highest BCUT2D eigenvalue weighted by Crippen LogP contribution is 2.02. The van der Waals surface area contributed by atoms with Gasteiger partial charge in [-0.25, -0.2) is 0 Å². The van der Waals surface area contributed by atoms with Crippen LogP contribution in [0, 0.1) is 0 Å². The van der Waals surface area contributed by atoms with E-state index in [9.17, 15) is 9.59 Å². The van der Waals surface area contributed by atoms with Gasteiger partial charge in [0.05, 0.1) is 0 Å². The minimum absolute atomic E-state index is 0.323. The molecule has 0 radical (unpaired) electrons. The van der Waals surface area contributed by atoms with Gasteiger partial charge in [0.1, 0.15) is 6.42 Å². The molecular formula is C13H17NO3. The van der Waals surface area contributed by atoms with Crippen LogP contribution >= 0.6 is 0 Å². The number of benzene rings is 1. The van der Waals surface area contributed by atoms with Crippen molar-refractivity contribution in [3.8, 4) is 0 Å². The highest BCUT2D eigenvalue weighted by Gasteiger charge is 2.14. The van der Waals surface area contributed by atoms with Crippen molar-refractivity contribution in [2.24, 2.45) is 0 Å². The number of rotatable bonds is 6. The summed E-state index contributed by atoms with van der Waals surface area (Å²) in [6.45, 7) is 2.95. The lowest BCUT2D eigenvalue weighted by Crippen LogP contribution is -2.34. The molecule has 0 aromatic heterocycles. The molecule has 1 N–H and O–H groups in total. The molecule has 0 bridgehead atoms. The lowest BCUT2D eigenvalue weighted by Gasteiger charge is -2.20. The fourth-order valence-corrected chi connectivity index (χ4v) is 1.61. The summed E-state index contributed by atoms with van der Waals surface area (Å²) in [4.78, 5) is 23.6. The van der Waals surface area contributed by atoms with Gasteiger partial charge in [0.15, 0.2) is 0 Å². The number of hydrogen-bond donors (Lipinski definition) is 1. The van der Waals surface area contributed by atoms with Crippen LogP contribution in [-0.2, 0) is 16.0 Å². The maximum absolute atomic E-state index is 11.6. The lowest BCUT2D eigenvalue weighted by atomic mass is 10.1. The largest absolute Gasteiger partial charge is 0.481 e. The summed E-state index contributed by atoms with van der Waals surface area (Å²) >= 11 is 0. The number of hydrogen-bond acceptors (Lipinski definition) is 2. The predicted molar refractivity (Wildman–Crippen MR) is 64.7 cm³/mol. The highest BCUT2D eigenvalue weighted by molar-refractivity contribution is 5.93. The summed E-state index contributed by atoms with van der Waals surface area (Å²) in [5, 5.41) is 8.57. The zero-order chi connectivity index (χ0) is 12.7. The standard InChI is InChI=1S/C13H17NO3/c1-2-14(12(15)10-13(16)17)9-8-11-6-4-3-5-7-11/h3-7H,2,8-10H2,1H3,(H,16,17). The summed E-state index contributed by atoms with van der Waals surface area (Å²) in [6.07, 6.45) is 0.322. The van der Waals surface area contributed by atoms with Gasteiger partial charge in [0.2, 0.25) is 5.91 Å². The molecule has 0 saturated carbocycles. The normalized spacial score (nSPS) is 9.94. The van der Waals surface area contributed by atoms with E-state index < -0.39 is 12.4 Å². The number of nitrogens with zero attached hydrogens (tertiary/aromatic N) is 1. The second-order valence-electron chi connectivity index (χ2n) is 3.78. The van der Waals surface area contributed by atoms with Crippen molar-refractivity contribution in [2.45, 2.75) is 19.8 Å². The molecule has 1 aromatic rings. The first-order valence-corrected chi connectivity index (χ1v) is 5.67. The van der Waals surface area contributed by atoms with E-state index in [1.165, 1.54) is 0 Å². The molecule has 0 aliphatic carbocycles. The van der Waals surface area contributed by atoms with Gasteiger partial charge in [-0.2, -0.15) is 0 Å². The summed E-state index contributed by atoms with van der Waals surface area (Å²) in [5.74, 6) is -1.40. The fraction of sp³-hybridized carbons (Fsp3) is 0.385. The monoisotopic (exact) mass is 235 g/mol. The molecule has 0 spiro atoms. The molecule has 1 amide bonds. The molecule has 0 fully saturated rings. The first-order chi connectivity index (χ1) is 8.13. The van der Waals surface area contributed by atoms with Crippen LogP contribution in [0.15, 0.2) is 30.3 Å². The third-order valence-corrected chi connectivity index (χ3v) is 2.55. The van der Waals surface area contributed by atoms with Crippen LogP contribution in [0.4, 0.5) is 0 Å². The molecule has 92 valence electrons. The van der Waals surface area contributed by atoms with Gasteiger partial charge < -0.3 is 10.0 Å². The van der Waals surface area contributed by atoms with Crippen LogP contribution in [0.2, 0.25) is 0 Å². The summed E-state index contributed by atoms with van der Waals surface area (Å²) < 4.78 is 0. The Labute approximate surface area is 101 Å². The van der Waals surface area contributed by atoms with E-state index in [0.717, 1.165) is 12.0 Å². The van der Waals surface area contributed by atoms with Gasteiger partial charge >= 0.3 is 5.97 Å². The van der Waals surface area contributed by atoms with E-state index in [-0.39, 0.29) is 5.91 Å². The Morgan fingerprint density at radius 1 is 1.24 bits per heavy atom. The Kier molecular flexibility index (Phi) is 5.20. The maximum Gasteiger partial charge on any atom is 0.312 e. The van der Waals surface area contributed by atoms with Gasteiger partial charge in [-0.05, 0) is 18.9 Å². The molecular weight excluding hydrogens is 218 g/mol. The summed E-state index contributed by atoms with van der Waals surface area (Å²) in [6, 6.07) is 9.83. The zero-order valence-corrected chi connectivity index (χ0v) is 9.93. The third kappa shape index (κ3) is 4.68. The molecule has 4 heteroatoms. The van der Waals surface area contributed by atoms with Crippen LogP contribution in [0.1, 0.15) is 18.9 Å². The molecule has 1 rings (SSSR count). The number of carbonyl (C=O) groups excluding carboxylic acids is 1. The van der Waals surface area contributed by atoms with E-state index in [2.05, 4.69) is 0 Å². The van der Waals surface area contributed by atoms with Crippen molar-refractivity contribution in [1.82, 2.24) is 4.90 Å². The molecule has 4 nitrogen and oxygen atoms in total. The number of aliphatic carboxylic acids is 1. The van der Waals surface area contributed by atoms with Crippen molar-refractivity contribution in [3.05, 3.63) is 35.9 Å². The molecule has 0 aliphatic rings. The van der Waals surface area contributed by atoms with Crippen LogP contribution in [-0.4, -0.2) is 35.0 Å². The van der Waals surface area contributed by atoms with E-state index in [1.54, 1.807) is 4.90 Å². The number of carboxylic acid groups (broad SMARTS) is 1. The minimum atomic E-state index is -1.08. The van der Waals surface area contributed by atoms with E-state index >= 15 is 0 Å². The minimum Gasteiger partial charge on any atom is -0.481 e. The Hall–Kier alpha value is -1.84. The summed E-state index contributed by atoms with van der Waals surface area (Å²) in [5.41, 5.74) is 1.15. The Bertz CT molecular complexity index is 376. The highest BCUT2D eigenvalue weighted by atomic mass is 16.4. The Balaban J connectivity index is 2.47. The van der Waals surface area contributed by atoms with Gasteiger partial charge in [-0.15, -0.1) is 0 Å². The molecule has 0 saturated heterocycles. The Morgan fingerprint density at radius 3 is 2.41 bits per heavy atom. The van der Waals surface area contributed by atoms with E-state index in [0.29, 0.717) is 13.1 Å². The topological polar surface area (TPSA) is 57.6 Å². The molecule has 17 heavy (non-hydrogen) atoms. The van der Waals surface area contributed by atoms with Crippen molar-refractivity contribution in [3.63, 3.8) is 0 Å². The average Bonchev–Trinajstić information content (AvgIpc) is 2.30. The van der Waals surface area contributed by atoms with Gasteiger partial charge in [0.25, 0.3) is 0 Å². The summed E-state index contributed by atoms with van der Waals surface area (Å²) in [7, 11) is 0. The molecule has 0 unspecified atom stereocenters. The van der Waals surface area contributed by atoms with Crippen LogP contribution in [0.5, 0.6) is 0 Å². The van der Waals surface area contributed by atoms with Crippen LogP contribution < -0.4 is 0 Å². The Morgan fingerprint density at radius 2 is 1.88 bits per heavy atom. The fourth-order valence-electron chi connectivity index (χ4n) is 1.61. The molecule has 0 aliphatic heterocycles. The maximum atomic E-state index is 11.6. The molecule has 0 heterocycles. The second kappa shape index (κ2) is 6.68. The van der Waals surface area contributed by atoms with Crippen molar-refractivity contribution in [1.29, 1.82) is 0 Å². The lowest BCUT2D eigenvalue weighted by molar-refractivity contribution is -0.144. The van der Waals surface area contributed by atoms with Crippen molar-refractivity contribution < 1.29 is 14.7 Å². The first kappa shape index (κ1) is 13.2. The third-order valence-electron chi connectivity index (χ3n) is 2.55. The van der Waals surface area contributed by atoms with Gasteiger partial charge in [-0.3, -0.25) is 9.59 Å². The second-order valence-corrected chi connectivity index (χ2v) is 3.78. The van der Waals surface area contributed by atoms with Gasteiger partial charge in [0, 0.05) is 13.1 Å². The van der Waals surface area contributed by atoms with Gasteiger partial charge in [-0.1, -0.05) is 30.3 Å². The number of likely N-dealkylation sites (N-methyl/N-ethyl adjacent to an activating group) is 1. The van der Waals surface area contributed by atoms with E-state index in [1.807, 2.05) is 37.3 Å². The van der Waals surface area contributed by atoms with Crippen LogP contribution in [0.3, 0.4) is 0 Å². The average molecular weight is 235 g/mol. The molecule has 0 atom stereocenters. The smallest absolute Gasteiger partial charge is 0.312 e. The van der Waals surface area contributed by atoms with E-state index in [4.69, 9.17) is 5.11 Å². The van der Waals surface area contributed by atoms with Crippen molar-refractivity contribution >= 4 is 11.9 Å². The predicted octanol–water partition coefficient (Wildman–Crippen LogP) is 1.55. The number of carboxylic acids is 1. The SMILES string of the molecule is CCN(CCc1ccccc1)C(=O)CC(=O)O. The first-order valence-electron chi connectivity index (χ1n) is 5.67. The quantitative estimate of drug-likeness (QED) is 0.761. The zero-order valence-electron chi connectivity index (χ0n) is 9.93. The number of amides is 1. The van der Waals surface area contributed by atoms with Crippen LogP contribution in [0.25, 0.3) is 0 Å².